The fraction of sp³-hybridized carbons (Fsp3) is 0.632. The van der Waals surface area contributed by atoms with Crippen LogP contribution in [-0.4, -0.2) is 38.5 Å². The van der Waals surface area contributed by atoms with Gasteiger partial charge in [0.1, 0.15) is 5.69 Å². The van der Waals surface area contributed by atoms with Crippen molar-refractivity contribution in [3.8, 4) is 0 Å². The van der Waals surface area contributed by atoms with E-state index < -0.39 is 21.6 Å². The molecule has 0 unspecified atom stereocenters. The van der Waals surface area contributed by atoms with E-state index in [-0.39, 0.29) is 35.2 Å². The molecule has 0 heterocycles. The Kier molecular flexibility index (Phi) is 7.26. The van der Waals surface area contributed by atoms with Gasteiger partial charge in [-0.15, -0.1) is 0 Å². The van der Waals surface area contributed by atoms with Gasteiger partial charge in [-0.1, -0.05) is 13.8 Å². The number of aliphatic hydroxyl groups excluding tert-OH is 2. The summed E-state index contributed by atoms with van der Waals surface area (Å²) in [6.07, 6.45) is 2.24. The number of nitro benzene ring substituents is 2. The summed E-state index contributed by atoms with van der Waals surface area (Å²) >= 11 is 0. The maximum absolute atomic E-state index is 11.3. The van der Waals surface area contributed by atoms with Crippen molar-refractivity contribution in [1.29, 1.82) is 0 Å². The molecule has 29 heavy (non-hydrogen) atoms. The lowest BCUT2D eigenvalue weighted by Crippen LogP contribution is -2.41. The van der Waals surface area contributed by atoms with E-state index in [4.69, 9.17) is 0 Å². The third-order valence-electron chi connectivity index (χ3n) is 5.58. The molecule has 0 radical (unpaired) electrons. The van der Waals surface area contributed by atoms with E-state index in [1.54, 1.807) is 6.92 Å². The molecule has 0 bridgehead atoms. The number of anilines is 1. The number of nitro groups is 2. The van der Waals surface area contributed by atoms with Crippen molar-refractivity contribution in [2.75, 3.05) is 12.0 Å². The molecule has 1 aromatic rings. The van der Waals surface area contributed by atoms with Crippen molar-refractivity contribution in [1.82, 2.24) is 0 Å². The van der Waals surface area contributed by atoms with Crippen LogP contribution in [0.2, 0.25) is 0 Å². The van der Waals surface area contributed by atoms with Gasteiger partial charge in [0.25, 0.3) is 5.69 Å². The molecule has 2 rings (SSSR count). The smallest absolute Gasteiger partial charge is 0.301 e. The molecule has 0 aliphatic heterocycles. The first-order valence-corrected chi connectivity index (χ1v) is 9.58. The third-order valence-corrected chi connectivity index (χ3v) is 5.58. The molecule has 1 aromatic carbocycles. The molecule has 0 aromatic heterocycles. The van der Waals surface area contributed by atoms with Gasteiger partial charge < -0.3 is 10.2 Å². The summed E-state index contributed by atoms with van der Waals surface area (Å²) in [6, 6.07) is 3.35. The van der Waals surface area contributed by atoms with Crippen molar-refractivity contribution in [3.63, 3.8) is 0 Å². The van der Waals surface area contributed by atoms with Gasteiger partial charge in [-0.25, -0.2) is 0 Å². The standard InChI is InChI=1S/C19H28N4O6/c1-12(25)4-6-16-13(11-24)8-14(10-19(16,2)3)20-21-17-7-5-15(22(26)27)9-18(17)23(28)29/h5,7,9,12-13,16,21,24-25H,4,6,8,10-11H2,1-3H3/b20-14+/t12-,13-,16-/m1/s1. The van der Waals surface area contributed by atoms with Crippen LogP contribution in [0, 0.1) is 37.5 Å². The number of hydrogen-bond acceptors (Lipinski definition) is 8. The Balaban J connectivity index is 2.21. The molecule has 10 nitrogen and oxygen atoms in total. The van der Waals surface area contributed by atoms with Crippen LogP contribution in [0.25, 0.3) is 0 Å². The monoisotopic (exact) mass is 408 g/mol. The van der Waals surface area contributed by atoms with Gasteiger partial charge in [-0.2, -0.15) is 5.10 Å². The van der Waals surface area contributed by atoms with E-state index in [0.717, 1.165) is 18.2 Å². The second kappa shape index (κ2) is 9.27. The Bertz CT molecular complexity index is 793. The number of hydrazone groups is 1. The van der Waals surface area contributed by atoms with Crippen molar-refractivity contribution in [3.05, 3.63) is 38.4 Å². The fourth-order valence-electron chi connectivity index (χ4n) is 4.15. The van der Waals surface area contributed by atoms with Gasteiger partial charge in [-0.3, -0.25) is 25.7 Å². The lowest BCUT2D eigenvalue weighted by Gasteiger charge is -2.44. The first kappa shape index (κ1) is 22.7. The van der Waals surface area contributed by atoms with E-state index in [1.807, 2.05) is 0 Å². The normalized spacial score (nSPS) is 23.6. The Morgan fingerprint density at radius 1 is 1.31 bits per heavy atom. The van der Waals surface area contributed by atoms with E-state index in [2.05, 4.69) is 24.4 Å². The maximum atomic E-state index is 11.3. The highest BCUT2D eigenvalue weighted by molar-refractivity contribution is 5.87. The second-order valence-corrected chi connectivity index (χ2v) is 8.35. The van der Waals surface area contributed by atoms with Crippen molar-refractivity contribution >= 4 is 22.8 Å². The zero-order valence-corrected chi connectivity index (χ0v) is 16.9. The van der Waals surface area contributed by atoms with Crippen LogP contribution in [0.5, 0.6) is 0 Å². The molecule has 0 amide bonds. The van der Waals surface area contributed by atoms with Crippen molar-refractivity contribution in [2.45, 2.75) is 52.6 Å². The fourth-order valence-corrected chi connectivity index (χ4v) is 4.15. The molecule has 0 saturated heterocycles. The summed E-state index contributed by atoms with van der Waals surface area (Å²) < 4.78 is 0. The van der Waals surface area contributed by atoms with Gasteiger partial charge in [0.15, 0.2) is 0 Å². The van der Waals surface area contributed by atoms with E-state index in [0.29, 0.717) is 19.3 Å². The molecule has 1 aliphatic rings. The zero-order chi connectivity index (χ0) is 21.8. The Hall–Kier alpha value is -2.59. The Morgan fingerprint density at radius 2 is 2.00 bits per heavy atom. The largest absolute Gasteiger partial charge is 0.396 e. The first-order valence-electron chi connectivity index (χ1n) is 9.58. The molecular weight excluding hydrogens is 380 g/mol. The van der Waals surface area contributed by atoms with Gasteiger partial charge in [0.05, 0.1) is 22.0 Å². The van der Waals surface area contributed by atoms with Gasteiger partial charge >= 0.3 is 5.69 Å². The number of benzene rings is 1. The highest BCUT2D eigenvalue weighted by Crippen LogP contribution is 2.45. The summed E-state index contributed by atoms with van der Waals surface area (Å²) in [5, 5.41) is 45.9. The lowest BCUT2D eigenvalue weighted by molar-refractivity contribution is -0.393. The third kappa shape index (κ3) is 5.70. The van der Waals surface area contributed by atoms with Crippen LogP contribution in [0.15, 0.2) is 23.3 Å². The minimum atomic E-state index is -0.692. The molecule has 1 aliphatic carbocycles. The summed E-state index contributed by atoms with van der Waals surface area (Å²) in [6.45, 7) is 5.92. The number of hydrogen-bond donors (Lipinski definition) is 3. The number of nitrogens with zero attached hydrogens (tertiary/aromatic N) is 3. The molecule has 1 fully saturated rings. The Labute approximate surface area is 168 Å². The van der Waals surface area contributed by atoms with E-state index in [1.165, 1.54) is 12.1 Å². The zero-order valence-electron chi connectivity index (χ0n) is 16.9. The molecule has 3 N–H and O–H groups in total. The summed E-state index contributed by atoms with van der Waals surface area (Å²) in [7, 11) is 0. The predicted octanol–water partition coefficient (Wildman–Crippen LogP) is 3.48. The number of nitrogens with one attached hydrogen (secondary N) is 1. The quantitative estimate of drug-likeness (QED) is 0.440. The van der Waals surface area contributed by atoms with Crippen LogP contribution in [0.3, 0.4) is 0 Å². The van der Waals surface area contributed by atoms with Crippen LogP contribution in [0.4, 0.5) is 17.1 Å². The molecule has 10 heteroatoms. The highest BCUT2D eigenvalue weighted by atomic mass is 16.6. The minimum absolute atomic E-state index is 0.00932. The van der Waals surface area contributed by atoms with Crippen LogP contribution in [0.1, 0.15) is 46.5 Å². The molecule has 1 saturated carbocycles. The first-order chi connectivity index (χ1) is 13.5. The SMILES string of the molecule is C[C@@H](O)CC[C@@H]1[C@@H](CO)C/C(=N\Nc2ccc([N+](=O)[O-])cc2[N+](=O)[O-])CC1(C)C. The van der Waals surface area contributed by atoms with E-state index >= 15 is 0 Å². The predicted molar refractivity (Wildman–Crippen MR) is 109 cm³/mol. The van der Waals surface area contributed by atoms with Crippen molar-refractivity contribution < 1.29 is 20.1 Å². The van der Waals surface area contributed by atoms with Crippen LogP contribution in [-0.2, 0) is 0 Å². The number of rotatable bonds is 8. The molecule has 0 spiro atoms. The van der Waals surface area contributed by atoms with Gasteiger partial charge in [0.2, 0.25) is 0 Å². The lowest BCUT2D eigenvalue weighted by atomic mass is 9.61. The summed E-state index contributed by atoms with van der Waals surface area (Å²) in [4.78, 5) is 20.7. The Morgan fingerprint density at radius 3 is 2.55 bits per heavy atom. The second-order valence-electron chi connectivity index (χ2n) is 8.35. The summed E-state index contributed by atoms with van der Waals surface area (Å²) in [5.41, 5.74) is 2.57. The van der Waals surface area contributed by atoms with Gasteiger partial charge in [0, 0.05) is 18.4 Å². The highest BCUT2D eigenvalue weighted by Gasteiger charge is 2.41. The average molecular weight is 408 g/mol. The van der Waals surface area contributed by atoms with E-state index in [9.17, 15) is 30.4 Å². The topological polar surface area (TPSA) is 151 Å². The van der Waals surface area contributed by atoms with Gasteiger partial charge in [-0.05, 0) is 55.9 Å². The van der Waals surface area contributed by atoms with Crippen LogP contribution >= 0.6 is 0 Å². The van der Waals surface area contributed by atoms with Crippen molar-refractivity contribution in [2.24, 2.45) is 22.4 Å². The van der Waals surface area contributed by atoms with Crippen LogP contribution < -0.4 is 5.43 Å². The number of aliphatic hydroxyl groups is 2. The average Bonchev–Trinajstić information content (AvgIpc) is 2.63. The molecule has 3 atom stereocenters. The molecule has 160 valence electrons. The minimum Gasteiger partial charge on any atom is -0.396 e. The number of non-ortho nitro benzene ring substituents is 1. The summed E-state index contributed by atoms with van der Waals surface area (Å²) in [5.74, 6) is 0.194. The maximum Gasteiger partial charge on any atom is 0.301 e. The molecular formula is C19H28N4O6.